The summed E-state index contributed by atoms with van der Waals surface area (Å²) in [6, 6.07) is 7.34. The third-order valence-corrected chi connectivity index (χ3v) is 7.03. The van der Waals surface area contributed by atoms with Crippen LogP contribution in [0.15, 0.2) is 63.7 Å². The van der Waals surface area contributed by atoms with Gasteiger partial charge < -0.3 is 14.4 Å². The Hall–Kier alpha value is -3.94. The van der Waals surface area contributed by atoms with Gasteiger partial charge >= 0.3 is 5.91 Å². The fraction of sp³-hybridized carbons (Fsp3) is 0.0909. The van der Waals surface area contributed by atoms with Crippen molar-refractivity contribution in [3.05, 3.63) is 90.5 Å². The Kier molecular flexibility index (Phi) is 6.59. The third kappa shape index (κ3) is 4.76. The lowest BCUT2D eigenvalue weighted by Crippen LogP contribution is -2.26. The predicted octanol–water partition coefficient (Wildman–Crippen LogP) is 4.19. The fourth-order valence-electron chi connectivity index (χ4n) is 3.33. The molecule has 0 unspecified atom stereocenters. The number of Topliss-reactive ketones (excluding diaryl/α,β-unsaturated/α-hetero) is 1. The minimum Gasteiger partial charge on any atom is -0.365 e. The van der Waals surface area contributed by atoms with E-state index in [1.165, 1.54) is 42.1 Å². The minimum absolute atomic E-state index is 0.0353. The number of nitrogens with one attached hydrogen (secondary N) is 1. The normalized spacial score (nSPS) is 11.1. The van der Waals surface area contributed by atoms with Crippen LogP contribution in [-0.2, 0) is 13.1 Å². The van der Waals surface area contributed by atoms with Crippen molar-refractivity contribution in [2.75, 3.05) is 5.32 Å². The number of halogens is 2. The zero-order valence-corrected chi connectivity index (χ0v) is 20.4. The Morgan fingerprint density at radius 2 is 2.08 bits per heavy atom. The van der Waals surface area contributed by atoms with Crippen molar-refractivity contribution in [2.24, 2.45) is 0 Å². The number of anilines is 1. The van der Waals surface area contributed by atoms with Gasteiger partial charge in [0.05, 0.1) is 17.4 Å². The van der Waals surface area contributed by atoms with Gasteiger partial charge in [-0.25, -0.2) is 9.37 Å². The summed E-state index contributed by atoms with van der Waals surface area (Å²) in [7, 11) is 0. The second-order valence-corrected chi connectivity index (χ2v) is 10.0. The van der Waals surface area contributed by atoms with Crippen molar-refractivity contribution in [1.29, 1.82) is 0 Å². The Morgan fingerprint density at radius 3 is 2.78 bits per heavy atom. The molecule has 0 spiro atoms. The molecule has 0 aromatic carbocycles. The number of ketones is 1. The molecule has 10 nitrogen and oxygen atoms in total. The lowest BCUT2D eigenvalue weighted by atomic mass is 10.2. The van der Waals surface area contributed by atoms with E-state index in [0.29, 0.717) is 10.9 Å². The van der Waals surface area contributed by atoms with Crippen LogP contribution in [0.25, 0.3) is 11.3 Å². The monoisotopic (exact) mass is 544 g/mol. The molecule has 0 amide bonds. The largest absolute Gasteiger partial charge is 0.365 e. The summed E-state index contributed by atoms with van der Waals surface area (Å²) in [4.78, 5) is 43.4. The molecule has 0 bridgehead atoms. The van der Waals surface area contributed by atoms with Gasteiger partial charge in [-0.2, -0.15) is 9.78 Å². The average Bonchev–Trinajstić information content (AvgIpc) is 3.67. The molecule has 0 aliphatic rings. The van der Waals surface area contributed by atoms with Gasteiger partial charge in [-0.05, 0) is 18.2 Å². The van der Waals surface area contributed by atoms with Gasteiger partial charge in [-0.3, -0.25) is 14.4 Å². The number of nitrogens with zero attached hydrogens (tertiary/aromatic N) is 5. The average molecular weight is 545 g/mol. The van der Waals surface area contributed by atoms with Gasteiger partial charge in [0.1, 0.15) is 29.2 Å². The molecule has 0 aliphatic heterocycles. The first kappa shape index (κ1) is 23.8. The van der Waals surface area contributed by atoms with Crippen molar-refractivity contribution in [1.82, 2.24) is 24.5 Å². The maximum atomic E-state index is 14.9. The zero-order chi connectivity index (χ0) is 25.2. The van der Waals surface area contributed by atoms with Crippen LogP contribution in [0.5, 0.6) is 0 Å². The van der Waals surface area contributed by atoms with Gasteiger partial charge in [0, 0.05) is 34.8 Å². The van der Waals surface area contributed by atoms with E-state index in [0.717, 1.165) is 31.5 Å². The van der Waals surface area contributed by atoms with Crippen molar-refractivity contribution in [3.63, 3.8) is 0 Å². The van der Waals surface area contributed by atoms with Gasteiger partial charge in [-0.1, -0.05) is 16.8 Å². The molecule has 14 heteroatoms. The summed E-state index contributed by atoms with van der Waals surface area (Å²) in [5.41, 5.74) is -1.31. The van der Waals surface area contributed by atoms with Crippen LogP contribution in [0.3, 0.4) is 0 Å². The molecule has 5 heterocycles. The lowest BCUT2D eigenvalue weighted by molar-refractivity contribution is 0.0937. The van der Waals surface area contributed by atoms with E-state index in [4.69, 9.17) is 16.1 Å². The smallest absolute Gasteiger partial charge is 0.302 e. The van der Waals surface area contributed by atoms with Crippen molar-refractivity contribution in [2.45, 2.75) is 13.1 Å². The number of hydrogen-bond donors (Lipinski definition) is 1. The topological polar surface area (TPSA) is 125 Å². The molecule has 0 radical (unpaired) electrons. The molecular weight excluding hydrogens is 531 g/mol. The second-order valence-electron chi connectivity index (χ2n) is 7.31. The highest BCUT2D eigenvalue weighted by molar-refractivity contribution is 7.16. The summed E-state index contributed by atoms with van der Waals surface area (Å²) in [6.45, 7) is -0.0408. The first-order chi connectivity index (χ1) is 17.4. The second kappa shape index (κ2) is 9.97. The van der Waals surface area contributed by atoms with E-state index in [9.17, 15) is 18.8 Å². The third-order valence-electron chi connectivity index (χ3n) is 4.99. The molecule has 0 saturated heterocycles. The van der Waals surface area contributed by atoms with E-state index in [1.54, 1.807) is 11.4 Å². The van der Waals surface area contributed by atoms with Crippen LogP contribution in [0.4, 0.5) is 10.2 Å². The summed E-state index contributed by atoms with van der Waals surface area (Å²) >= 11 is 8.47. The highest BCUT2D eigenvalue weighted by atomic mass is 35.5. The molecule has 5 rings (SSSR count). The van der Waals surface area contributed by atoms with E-state index < -0.39 is 28.6 Å². The van der Waals surface area contributed by atoms with Crippen LogP contribution in [0.2, 0.25) is 4.34 Å². The number of rotatable bonds is 8. The molecule has 0 atom stereocenters. The highest BCUT2D eigenvalue weighted by Crippen LogP contribution is 2.25. The molecule has 0 aliphatic carbocycles. The summed E-state index contributed by atoms with van der Waals surface area (Å²) in [6.07, 6.45) is 3.89. The van der Waals surface area contributed by atoms with Gasteiger partial charge in [-0.15, -0.1) is 22.7 Å². The van der Waals surface area contributed by atoms with E-state index >= 15 is 0 Å². The van der Waals surface area contributed by atoms with Crippen LogP contribution < -0.4 is 10.9 Å². The summed E-state index contributed by atoms with van der Waals surface area (Å²) in [5, 5.41) is 12.8. The lowest BCUT2D eigenvalue weighted by Gasteiger charge is -2.06. The Morgan fingerprint density at radius 1 is 1.22 bits per heavy atom. The number of thiazole rings is 1. The summed E-state index contributed by atoms with van der Waals surface area (Å²) < 4.78 is 22.3. The summed E-state index contributed by atoms with van der Waals surface area (Å²) in [5.74, 6) is -1.71. The van der Waals surface area contributed by atoms with E-state index in [1.807, 2.05) is 6.07 Å². The zero-order valence-electron chi connectivity index (χ0n) is 18.1. The van der Waals surface area contributed by atoms with Crippen LogP contribution >= 0.6 is 34.3 Å². The fourth-order valence-corrected chi connectivity index (χ4v) is 4.93. The van der Waals surface area contributed by atoms with Crippen molar-refractivity contribution >= 4 is 51.8 Å². The molecule has 182 valence electrons. The number of pyridine rings is 1. The highest BCUT2D eigenvalue weighted by Gasteiger charge is 2.23. The molecule has 0 fully saturated rings. The van der Waals surface area contributed by atoms with E-state index in [2.05, 4.69) is 20.6 Å². The molecule has 0 saturated carbocycles. The quantitative estimate of drug-likeness (QED) is 0.288. The Labute approximate surface area is 214 Å². The first-order valence-electron chi connectivity index (χ1n) is 10.3. The molecule has 36 heavy (non-hydrogen) atoms. The predicted molar refractivity (Wildman–Crippen MR) is 131 cm³/mol. The number of carbonyl (C=O) groups excluding carboxylic acids is 2. The van der Waals surface area contributed by atoms with Crippen molar-refractivity contribution in [3.8, 4) is 11.3 Å². The number of hydrogen-bond acceptors (Lipinski definition) is 10. The number of carbonyl (C=O) groups is 2. The maximum absolute atomic E-state index is 14.9. The number of aromatic nitrogens is 5. The first-order valence-corrected chi connectivity index (χ1v) is 12.3. The van der Waals surface area contributed by atoms with Gasteiger partial charge in [0.2, 0.25) is 5.78 Å². The standard InChI is InChI=1S/C22H14ClFN6O4S2/c23-17-2-1-12(36-17)10-26-18-9-15(27-30(18)21(32)14-4-7-34-28-14)19-13(24)3-6-29(22(19)33)11-16(31)20-25-5-8-35-20/h1-9,26H,10-11H2. The number of thiophene rings is 1. The minimum atomic E-state index is -0.854. The Bertz CT molecular complexity index is 1610. The molecule has 5 aromatic heterocycles. The van der Waals surface area contributed by atoms with Crippen LogP contribution in [-0.4, -0.2) is 36.2 Å². The van der Waals surface area contributed by atoms with Crippen LogP contribution in [0, 0.1) is 5.82 Å². The maximum Gasteiger partial charge on any atom is 0.302 e. The molecule has 1 N–H and O–H groups in total. The Balaban J connectivity index is 1.53. The molecule has 5 aromatic rings. The van der Waals surface area contributed by atoms with Crippen LogP contribution in [0.1, 0.15) is 25.2 Å². The van der Waals surface area contributed by atoms with Gasteiger partial charge in [0.15, 0.2) is 10.7 Å². The SMILES string of the molecule is O=C(Cn1ccc(F)c(-c2cc(NCc3ccc(Cl)s3)n(C(=O)c3ccon3)n2)c1=O)c1nccs1. The molecular formula is C22H14ClFN6O4S2. The van der Waals surface area contributed by atoms with Gasteiger partial charge in [0.25, 0.3) is 5.56 Å². The van der Waals surface area contributed by atoms with E-state index in [-0.39, 0.29) is 28.8 Å². The van der Waals surface area contributed by atoms with Crippen molar-refractivity contribution < 1.29 is 18.5 Å².